The third kappa shape index (κ3) is 1.82. The van der Waals surface area contributed by atoms with E-state index < -0.39 is 0 Å². The molecule has 1 aliphatic carbocycles. The topological polar surface area (TPSA) is 51.8 Å². The van der Waals surface area contributed by atoms with Gasteiger partial charge in [-0.15, -0.1) is 0 Å². The van der Waals surface area contributed by atoms with Crippen molar-refractivity contribution in [1.82, 2.24) is 9.97 Å². The van der Waals surface area contributed by atoms with E-state index in [4.69, 9.17) is 5.73 Å². The maximum atomic E-state index is 5.99. The fourth-order valence-corrected chi connectivity index (χ4v) is 1.95. The number of hydrogen-bond donors (Lipinski definition) is 1. The maximum absolute atomic E-state index is 5.99. The number of hydrogen-bond acceptors (Lipinski definition) is 3. The summed E-state index contributed by atoms with van der Waals surface area (Å²) in [5, 5.41) is 0. The minimum Gasteiger partial charge on any atom is -0.324 e. The first-order chi connectivity index (χ1) is 7.74. The van der Waals surface area contributed by atoms with Crippen LogP contribution in [0.15, 0.2) is 48.6 Å². The minimum atomic E-state index is 0.0962. The summed E-state index contributed by atoms with van der Waals surface area (Å²) in [5.74, 6) is 0. The highest BCUT2D eigenvalue weighted by Gasteiger charge is 2.27. The lowest BCUT2D eigenvalue weighted by molar-refractivity contribution is 0.681. The van der Waals surface area contributed by atoms with Crippen LogP contribution in [-0.2, 0) is 0 Å². The quantitative estimate of drug-likeness (QED) is 0.818. The van der Waals surface area contributed by atoms with E-state index in [0.717, 1.165) is 28.7 Å². The lowest BCUT2D eigenvalue weighted by Gasteiger charge is -2.31. The van der Waals surface area contributed by atoms with Crippen LogP contribution in [0.3, 0.4) is 0 Å². The molecule has 0 saturated heterocycles. The highest BCUT2D eigenvalue weighted by Crippen LogP contribution is 2.36. The molecule has 1 fully saturated rings. The predicted molar refractivity (Wildman–Crippen MR) is 65.5 cm³/mol. The SMILES string of the molecule is C=C1CC(N)/C1=C(/C=C\C)c1cncnc1. The van der Waals surface area contributed by atoms with Gasteiger partial charge in [-0.25, -0.2) is 9.97 Å². The number of nitrogens with zero attached hydrogens (tertiary/aromatic N) is 2. The Morgan fingerprint density at radius 2 is 2.19 bits per heavy atom. The molecule has 0 aliphatic heterocycles. The summed E-state index contributed by atoms with van der Waals surface area (Å²) in [7, 11) is 0. The number of nitrogens with two attached hydrogens (primary N) is 1. The van der Waals surface area contributed by atoms with Crippen molar-refractivity contribution in [2.24, 2.45) is 5.73 Å². The number of allylic oxidation sites excluding steroid dienone is 3. The van der Waals surface area contributed by atoms with E-state index in [1.165, 1.54) is 6.33 Å². The first-order valence-electron chi connectivity index (χ1n) is 5.30. The van der Waals surface area contributed by atoms with Crippen molar-refractivity contribution in [1.29, 1.82) is 0 Å². The Hall–Kier alpha value is -1.74. The third-order valence-corrected chi connectivity index (χ3v) is 2.71. The van der Waals surface area contributed by atoms with E-state index in [2.05, 4.69) is 16.5 Å². The van der Waals surface area contributed by atoms with Crippen LogP contribution in [-0.4, -0.2) is 16.0 Å². The van der Waals surface area contributed by atoms with Crippen LogP contribution in [0.25, 0.3) is 5.57 Å². The average Bonchev–Trinajstić information content (AvgIpc) is 2.29. The molecule has 0 radical (unpaired) electrons. The Morgan fingerprint density at radius 1 is 1.50 bits per heavy atom. The summed E-state index contributed by atoms with van der Waals surface area (Å²) < 4.78 is 0. The van der Waals surface area contributed by atoms with E-state index in [9.17, 15) is 0 Å². The molecule has 0 amide bonds. The Morgan fingerprint density at radius 3 is 2.69 bits per heavy atom. The van der Waals surface area contributed by atoms with Gasteiger partial charge in [-0.2, -0.15) is 0 Å². The van der Waals surface area contributed by atoms with Crippen LogP contribution in [0.1, 0.15) is 18.9 Å². The first kappa shape index (κ1) is 10.8. The zero-order chi connectivity index (χ0) is 11.5. The van der Waals surface area contributed by atoms with Crippen molar-refractivity contribution in [2.45, 2.75) is 19.4 Å². The molecule has 2 rings (SSSR count). The summed E-state index contributed by atoms with van der Waals surface area (Å²) in [6.45, 7) is 5.99. The Labute approximate surface area is 95.4 Å². The first-order valence-corrected chi connectivity index (χ1v) is 5.30. The molecular weight excluding hydrogens is 198 g/mol. The Kier molecular flexibility index (Phi) is 2.97. The zero-order valence-corrected chi connectivity index (χ0v) is 9.35. The van der Waals surface area contributed by atoms with Gasteiger partial charge >= 0.3 is 0 Å². The van der Waals surface area contributed by atoms with Gasteiger partial charge in [0.15, 0.2) is 0 Å². The molecule has 3 heteroatoms. The Bertz CT molecular complexity index is 457. The smallest absolute Gasteiger partial charge is 0.115 e. The highest BCUT2D eigenvalue weighted by atomic mass is 14.8. The molecular formula is C13H15N3. The summed E-state index contributed by atoms with van der Waals surface area (Å²) in [5.41, 5.74) is 10.3. The van der Waals surface area contributed by atoms with Crippen LogP contribution in [0, 0.1) is 0 Å². The summed E-state index contributed by atoms with van der Waals surface area (Å²) in [6.07, 6.45) is 10.0. The average molecular weight is 213 g/mol. The standard InChI is InChI=1S/C13H15N3/c1-3-4-11(10-6-15-8-16-7-10)13-9(2)5-12(13)14/h3-4,6-8,12H,2,5,14H2,1H3/b4-3-,13-11-. The van der Waals surface area contributed by atoms with Gasteiger partial charge in [-0.1, -0.05) is 18.7 Å². The molecule has 16 heavy (non-hydrogen) atoms. The normalized spacial score (nSPS) is 23.4. The van der Waals surface area contributed by atoms with Gasteiger partial charge in [0.2, 0.25) is 0 Å². The molecule has 3 nitrogen and oxygen atoms in total. The van der Waals surface area contributed by atoms with Gasteiger partial charge in [0, 0.05) is 24.0 Å². The highest BCUT2D eigenvalue weighted by molar-refractivity contribution is 5.81. The Balaban J connectivity index is 2.50. The van der Waals surface area contributed by atoms with Crippen molar-refractivity contribution in [2.75, 3.05) is 0 Å². The number of rotatable bonds is 2. The predicted octanol–water partition coefficient (Wildman–Crippen LogP) is 2.09. The lowest BCUT2D eigenvalue weighted by atomic mass is 9.77. The molecule has 0 bridgehead atoms. The summed E-state index contributed by atoms with van der Waals surface area (Å²) in [4.78, 5) is 8.06. The second-order valence-corrected chi connectivity index (χ2v) is 3.87. The van der Waals surface area contributed by atoms with Gasteiger partial charge < -0.3 is 5.73 Å². The van der Waals surface area contributed by atoms with Gasteiger partial charge in [0.1, 0.15) is 6.33 Å². The lowest BCUT2D eigenvalue weighted by Crippen LogP contribution is -2.34. The monoisotopic (exact) mass is 213 g/mol. The molecule has 0 aromatic carbocycles. The molecule has 1 heterocycles. The third-order valence-electron chi connectivity index (χ3n) is 2.71. The fourth-order valence-electron chi connectivity index (χ4n) is 1.95. The van der Waals surface area contributed by atoms with Gasteiger partial charge in [0.25, 0.3) is 0 Å². The van der Waals surface area contributed by atoms with E-state index in [1.54, 1.807) is 12.4 Å². The molecule has 1 aromatic rings. The van der Waals surface area contributed by atoms with Crippen LogP contribution in [0.2, 0.25) is 0 Å². The maximum Gasteiger partial charge on any atom is 0.115 e. The molecule has 1 unspecified atom stereocenters. The van der Waals surface area contributed by atoms with Crippen molar-refractivity contribution in [3.63, 3.8) is 0 Å². The molecule has 82 valence electrons. The summed E-state index contributed by atoms with van der Waals surface area (Å²) >= 11 is 0. The molecule has 1 atom stereocenters. The van der Waals surface area contributed by atoms with Gasteiger partial charge in [-0.05, 0) is 30.1 Å². The van der Waals surface area contributed by atoms with Crippen molar-refractivity contribution >= 4 is 5.57 Å². The second-order valence-electron chi connectivity index (χ2n) is 3.87. The van der Waals surface area contributed by atoms with Crippen LogP contribution in [0.5, 0.6) is 0 Å². The summed E-state index contributed by atoms with van der Waals surface area (Å²) in [6, 6.07) is 0.0962. The van der Waals surface area contributed by atoms with Crippen LogP contribution >= 0.6 is 0 Å². The second kappa shape index (κ2) is 4.41. The molecule has 2 N–H and O–H groups in total. The molecule has 1 aromatic heterocycles. The van der Waals surface area contributed by atoms with Crippen LogP contribution in [0.4, 0.5) is 0 Å². The largest absolute Gasteiger partial charge is 0.324 e. The minimum absolute atomic E-state index is 0.0962. The number of aromatic nitrogens is 2. The zero-order valence-electron chi connectivity index (χ0n) is 9.35. The van der Waals surface area contributed by atoms with Crippen molar-refractivity contribution in [3.05, 3.63) is 54.2 Å². The van der Waals surface area contributed by atoms with Crippen LogP contribution < -0.4 is 5.73 Å². The van der Waals surface area contributed by atoms with E-state index >= 15 is 0 Å². The molecule has 1 aliphatic rings. The van der Waals surface area contributed by atoms with Gasteiger partial charge in [-0.3, -0.25) is 0 Å². The van der Waals surface area contributed by atoms with E-state index in [-0.39, 0.29) is 6.04 Å². The van der Waals surface area contributed by atoms with Crippen molar-refractivity contribution in [3.8, 4) is 0 Å². The van der Waals surface area contributed by atoms with Gasteiger partial charge in [0.05, 0.1) is 0 Å². The fraction of sp³-hybridized carbons (Fsp3) is 0.231. The molecule has 0 spiro atoms. The van der Waals surface area contributed by atoms with E-state index in [1.807, 2.05) is 19.1 Å². The van der Waals surface area contributed by atoms with E-state index in [0.29, 0.717) is 0 Å². The van der Waals surface area contributed by atoms with Crippen molar-refractivity contribution < 1.29 is 0 Å². The molecule has 1 saturated carbocycles.